The second kappa shape index (κ2) is 12.6. The molecule has 0 saturated carbocycles. The number of hydrogen-bond donors (Lipinski definition) is 1. The molecule has 2 aromatic carbocycles. The van der Waals surface area contributed by atoms with Crippen molar-refractivity contribution in [2.45, 2.75) is 68.0 Å². The van der Waals surface area contributed by atoms with E-state index >= 15 is 0 Å². The van der Waals surface area contributed by atoms with Gasteiger partial charge in [-0.15, -0.1) is 0 Å². The van der Waals surface area contributed by atoms with Gasteiger partial charge in [0.15, 0.2) is 6.17 Å². The maximum atomic E-state index is 13.1. The highest BCUT2D eigenvalue weighted by Crippen LogP contribution is 2.34. The van der Waals surface area contributed by atoms with Crippen molar-refractivity contribution in [3.05, 3.63) is 58.1 Å². The van der Waals surface area contributed by atoms with E-state index in [0.717, 1.165) is 28.8 Å². The molecule has 0 bridgehead atoms. The average molecular weight is 441 g/mol. The van der Waals surface area contributed by atoms with E-state index < -0.39 is 12.1 Å². The third kappa shape index (κ3) is 5.55. The molecule has 1 amide bonds. The first-order valence-electron chi connectivity index (χ1n) is 11.4. The second-order valence-electron chi connectivity index (χ2n) is 6.85. The number of nitrogens with zero attached hydrogens (tertiary/aromatic N) is 1. The van der Waals surface area contributed by atoms with Gasteiger partial charge >= 0.3 is 5.97 Å². The zero-order chi connectivity index (χ0) is 24.4. The molecule has 0 spiro atoms. The van der Waals surface area contributed by atoms with Crippen LogP contribution in [0.25, 0.3) is 0 Å². The molecule has 0 aliphatic carbocycles. The van der Waals surface area contributed by atoms with Crippen molar-refractivity contribution < 1.29 is 19.1 Å². The molecule has 0 saturated heterocycles. The molecule has 174 valence electrons. The molecule has 0 aromatic heterocycles. The van der Waals surface area contributed by atoms with Crippen molar-refractivity contribution >= 4 is 29.5 Å². The molecule has 6 heteroatoms. The first kappa shape index (κ1) is 26.9. The molecule has 0 fully saturated rings. The zero-order valence-corrected chi connectivity index (χ0v) is 20.5. The lowest BCUT2D eigenvalue weighted by molar-refractivity contribution is -0.107. The number of anilines is 2. The van der Waals surface area contributed by atoms with Crippen LogP contribution in [0.1, 0.15) is 78.9 Å². The summed E-state index contributed by atoms with van der Waals surface area (Å²) in [6.07, 6.45) is 0.588. The average Bonchev–Trinajstić information content (AvgIpc) is 3.08. The van der Waals surface area contributed by atoms with Crippen LogP contribution >= 0.6 is 0 Å². The summed E-state index contributed by atoms with van der Waals surface area (Å²) in [7, 11) is 0. The smallest absolute Gasteiger partial charge is 0.338 e. The number of aryl methyl sites for hydroxylation is 3. The molecule has 1 aliphatic heterocycles. The lowest BCUT2D eigenvalue weighted by atomic mass is 10.0. The summed E-state index contributed by atoms with van der Waals surface area (Å²) < 4.78 is 5.01. The van der Waals surface area contributed by atoms with Crippen molar-refractivity contribution in [1.29, 1.82) is 0 Å². The number of benzene rings is 2. The summed E-state index contributed by atoms with van der Waals surface area (Å²) in [6.45, 7) is 16.0. The minimum atomic E-state index is -0.850. The fourth-order valence-corrected chi connectivity index (χ4v) is 3.64. The summed E-state index contributed by atoms with van der Waals surface area (Å²) in [5.74, 6) is -0.745. The molecule has 32 heavy (non-hydrogen) atoms. The summed E-state index contributed by atoms with van der Waals surface area (Å²) in [5.41, 5.74) is 5.20. The van der Waals surface area contributed by atoms with Gasteiger partial charge in [-0.25, -0.2) is 4.79 Å². The number of rotatable bonds is 6. The van der Waals surface area contributed by atoms with Gasteiger partial charge in [0.2, 0.25) is 12.2 Å². The molecule has 1 heterocycles. The first-order chi connectivity index (χ1) is 15.4. The van der Waals surface area contributed by atoms with E-state index in [-0.39, 0.29) is 12.4 Å². The minimum absolute atomic E-state index is 0.251. The third-order valence-corrected chi connectivity index (χ3v) is 4.91. The molecule has 1 N–H and O–H groups in total. The van der Waals surface area contributed by atoms with Crippen molar-refractivity contribution in [3.8, 4) is 0 Å². The maximum Gasteiger partial charge on any atom is 0.338 e. The van der Waals surface area contributed by atoms with Crippen molar-refractivity contribution in [3.63, 3.8) is 0 Å². The van der Waals surface area contributed by atoms with Crippen LogP contribution in [0.3, 0.4) is 0 Å². The van der Waals surface area contributed by atoms with Gasteiger partial charge in [0.05, 0.1) is 17.9 Å². The Morgan fingerprint density at radius 3 is 2.31 bits per heavy atom. The predicted molar refractivity (Wildman–Crippen MR) is 131 cm³/mol. The molecular formula is C26H36N2O4. The van der Waals surface area contributed by atoms with E-state index in [2.05, 4.69) is 11.4 Å². The van der Waals surface area contributed by atoms with Crippen LogP contribution in [-0.2, 0) is 16.0 Å². The number of carbonyl (C=O) groups is 3. The Balaban J connectivity index is 0.00000121. The number of carbonyl (C=O) groups excluding carboxylic acids is 3. The number of amides is 1. The van der Waals surface area contributed by atoms with Gasteiger partial charge in [-0.3, -0.25) is 14.5 Å². The third-order valence-electron chi connectivity index (χ3n) is 4.91. The fourth-order valence-electron chi connectivity index (χ4n) is 3.64. The van der Waals surface area contributed by atoms with Gasteiger partial charge in [-0.05, 0) is 56.5 Å². The van der Waals surface area contributed by atoms with Crippen molar-refractivity contribution in [1.82, 2.24) is 0 Å². The Bertz CT molecular complexity index is 953. The molecule has 1 aliphatic rings. The summed E-state index contributed by atoms with van der Waals surface area (Å²) in [4.78, 5) is 38.2. The van der Waals surface area contributed by atoms with Crippen molar-refractivity contribution in [2.75, 3.05) is 16.8 Å². The topological polar surface area (TPSA) is 75.7 Å². The van der Waals surface area contributed by atoms with Crippen LogP contribution in [0.2, 0.25) is 0 Å². The molecule has 2 aromatic rings. The number of hydrogen-bond acceptors (Lipinski definition) is 5. The number of fused-ring (bicyclic) bond motifs is 1. The predicted octanol–water partition coefficient (Wildman–Crippen LogP) is 5.69. The Kier molecular flexibility index (Phi) is 10.6. The van der Waals surface area contributed by atoms with Gasteiger partial charge in [-0.2, -0.15) is 0 Å². The van der Waals surface area contributed by atoms with E-state index in [4.69, 9.17) is 4.74 Å². The largest absolute Gasteiger partial charge is 0.462 e. The summed E-state index contributed by atoms with van der Waals surface area (Å²) >= 11 is 0. The summed E-state index contributed by atoms with van der Waals surface area (Å²) in [5, 5.41) is 3.26. The van der Waals surface area contributed by atoms with E-state index in [1.165, 1.54) is 11.0 Å². The van der Waals surface area contributed by atoms with E-state index in [1.807, 2.05) is 54.5 Å². The number of ketones is 1. The summed E-state index contributed by atoms with van der Waals surface area (Å²) in [6, 6.07) is 8.79. The monoisotopic (exact) mass is 440 g/mol. The highest BCUT2D eigenvalue weighted by atomic mass is 16.5. The van der Waals surface area contributed by atoms with E-state index in [9.17, 15) is 14.4 Å². The first-order valence-corrected chi connectivity index (χ1v) is 11.4. The van der Waals surface area contributed by atoms with Gasteiger partial charge in [0, 0.05) is 11.3 Å². The Hall–Kier alpha value is -3.15. The van der Waals surface area contributed by atoms with Gasteiger partial charge in [0.1, 0.15) is 0 Å². The molecule has 6 nitrogen and oxygen atoms in total. The normalized spacial score (nSPS) is 13.8. The molecule has 0 radical (unpaired) electrons. The number of nitrogens with one attached hydrogen (secondary N) is 1. The Morgan fingerprint density at radius 2 is 1.75 bits per heavy atom. The Morgan fingerprint density at radius 1 is 1.09 bits per heavy atom. The minimum Gasteiger partial charge on any atom is -0.462 e. The standard InChI is InChI=1S/C22H24N2O4.2C2H6/c1-5-15-10-13(3)9-14(4)19(15)23-21-20(26)17-11-16(22(27)28-6-2)7-8-18(17)24(21)12-25;2*1-2/h7-12,21,23H,5-6H2,1-4H3;2*1-2H3. The Labute approximate surface area is 192 Å². The number of Topliss-reactive ketones (excluding diaryl/α,β-unsaturated/α-hetero) is 1. The molecule has 1 unspecified atom stereocenters. The maximum absolute atomic E-state index is 13.1. The number of esters is 1. The van der Waals surface area contributed by atoms with E-state index in [0.29, 0.717) is 23.2 Å². The molecule has 1 atom stereocenters. The van der Waals surface area contributed by atoms with Gasteiger partial charge in [0.25, 0.3) is 0 Å². The molecular weight excluding hydrogens is 404 g/mol. The van der Waals surface area contributed by atoms with Crippen LogP contribution in [0.15, 0.2) is 30.3 Å². The second-order valence-corrected chi connectivity index (χ2v) is 6.85. The van der Waals surface area contributed by atoms with Gasteiger partial charge < -0.3 is 10.1 Å². The van der Waals surface area contributed by atoms with E-state index in [1.54, 1.807) is 19.1 Å². The number of ether oxygens (including phenoxy) is 1. The lowest BCUT2D eigenvalue weighted by Crippen LogP contribution is -2.41. The quantitative estimate of drug-likeness (QED) is 0.461. The zero-order valence-electron chi connectivity index (χ0n) is 20.5. The highest BCUT2D eigenvalue weighted by Gasteiger charge is 2.38. The van der Waals surface area contributed by atoms with Crippen LogP contribution in [0, 0.1) is 13.8 Å². The van der Waals surface area contributed by atoms with Crippen LogP contribution in [0.5, 0.6) is 0 Å². The fraction of sp³-hybridized carbons (Fsp3) is 0.423. The van der Waals surface area contributed by atoms with Crippen LogP contribution in [-0.4, -0.2) is 30.9 Å². The van der Waals surface area contributed by atoms with Crippen LogP contribution < -0.4 is 10.2 Å². The van der Waals surface area contributed by atoms with Gasteiger partial charge in [-0.1, -0.05) is 52.3 Å². The van der Waals surface area contributed by atoms with Crippen molar-refractivity contribution in [2.24, 2.45) is 0 Å². The van der Waals surface area contributed by atoms with Crippen LogP contribution in [0.4, 0.5) is 11.4 Å². The lowest BCUT2D eigenvalue weighted by Gasteiger charge is -2.24. The molecule has 3 rings (SSSR count). The highest BCUT2D eigenvalue weighted by molar-refractivity contribution is 6.16. The SMILES string of the molecule is CC.CC.CCOC(=O)c1ccc2c(c1)C(=O)C(Nc1c(C)cc(C)cc1CC)N2C=O.